The van der Waals surface area contributed by atoms with Gasteiger partial charge in [-0.15, -0.1) is 10.2 Å². The molecule has 7 heteroatoms. The standard InChI is InChI=1S/C19H19N5O2/c25-19(17-8-9-18(22-21-17)23-11-1-2-12-23)26-14-15-4-6-16(7-5-15)24-13-3-10-20-24/h3-10,13H,1-2,11-12,14H2. The first-order valence-electron chi connectivity index (χ1n) is 8.64. The van der Waals surface area contributed by atoms with Crippen LogP contribution in [0.1, 0.15) is 28.9 Å². The molecule has 1 fully saturated rings. The highest BCUT2D eigenvalue weighted by Crippen LogP contribution is 2.17. The van der Waals surface area contributed by atoms with Crippen molar-refractivity contribution in [3.63, 3.8) is 0 Å². The van der Waals surface area contributed by atoms with E-state index in [2.05, 4.69) is 20.2 Å². The van der Waals surface area contributed by atoms with Crippen molar-refractivity contribution >= 4 is 11.8 Å². The van der Waals surface area contributed by atoms with Gasteiger partial charge < -0.3 is 9.64 Å². The highest BCUT2D eigenvalue weighted by atomic mass is 16.5. The SMILES string of the molecule is O=C(OCc1ccc(-n2cccn2)cc1)c1ccc(N2CCCC2)nn1. The molecule has 0 radical (unpaired) electrons. The average molecular weight is 349 g/mol. The van der Waals surface area contributed by atoms with Crippen LogP contribution in [0.4, 0.5) is 5.82 Å². The summed E-state index contributed by atoms with van der Waals surface area (Å²) >= 11 is 0. The fourth-order valence-corrected chi connectivity index (χ4v) is 2.94. The van der Waals surface area contributed by atoms with E-state index in [4.69, 9.17) is 4.74 Å². The molecule has 2 aromatic heterocycles. The molecule has 1 aromatic carbocycles. The molecule has 132 valence electrons. The zero-order chi connectivity index (χ0) is 17.8. The number of aromatic nitrogens is 4. The van der Waals surface area contributed by atoms with Crippen molar-refractivity contribution in [3.8, 4) is 5.69 Å². The Labute approximate surface area is 151 Å². The molecule has 0 aliphatic carbocycles. The summed E-state index contributed by atoms with van der Waals surface area (Å²) in [6, 6.07) is 13.0. The number of benzene rings is 1. The third-order valence-corrected chi connectivity index (χ3v) is 4.36. The number of hydrogen-bond acceptors (Lipinski definition) is 6. The molecule has 26 heavy (non-hydrogen) atoms. The zero-order valence-corrected chi connectivity index (χ0v) is 14.3. The molecule has 0 spiro atoms. The molecule has 3 aromatic rings. The van der Waals surface area contributed by atoms with Crippen LogP contribution in [0.2, 0.25) is 0 Å². The number of carbonyl (C=O) groups is 1. The van der Waals surface area contributed by atoms with Gasteiger partial charge in [0, 0.05) is 25.5 Å². The van der Waals surface area contributed by atoms with E-state index in [1.54, 1.807) is 16.9 Å². The molecule has 0 unspecified atom stereocenters. The fraction of sp³-hybridized carbons (Fsp3) is 0.263. The van der Waals surface area contributed by atoms with Gasteiger partial charge in [0.1, 0.15) is 6.61 Å². The van der Waals surface area contributed by atoms with E-state index in [1.165, 1.54) is 12.8 Å². The summed E-state index contributed by atoms with van der Waals surface area (Å²) < 4.78 is 7.10. The minimum Gasteiger partial charge on any atom is -0.456 e. The van der Waals surface area contributed by atoms with E-state index in [-0.39, 0.29) is 12.3 Å². The Kier molecular flexibility index (Phi) is 4.59. The van der Waals surface area contributed by atoms with Crippen LogP contribution >= 0.6 is 0 Å². The molecule has 3 heterocycles. The summed E-state index contributed by atoms with van der Waals surface area (Å²) in [4.78, 5) is 14.3. The van der Waals surface area contributed by atoms with E-state index < -0.39 is 5.97 Å². The van der Waals surface area contributed by atoms with Gasteiger partial charge in [0.2, 0.25) is 0 Å². The maximum atomic E-state index is 12.2. The Balaban J connectivity index is 1.34. The van der Waals surface area contributed by atoms with Crippen LogP contribution in [0.25, 0.3) is 5.69 Å². The Hall–Kier alpha value is -3.22. The molecule has 0 atom stereocenters. The Morgan fingerprint density at radius 1 is 1.04 bits per heavy atom. The molecule has 0 saturated carbocycles. The predicted octanol–water partition coefficient (Wildman–Crippen LogP) is 2.62. The summed E-state index contributed by atoms with van der Waals surface area (Å²) in [6.45, 7) is 2.17. The van der Waals surface area contributed by atoms with Crippen molar-refractivity contribution in [1.82, 2.24) is 20.0 Å². The first kappa shape index (κ1) is 16.3. The summed E-state index contributed by atoms with van der Waals surface area (Å²) in [5.41, 5.74) is 2.07. The highest BCUT2D eigenvalue weighted by Gasteiger charge is 2.16. The van der Waals surface area contributed by atoms with Crippen molar-refractivity contribution in [2.24, 2.45) is 0 Å². The molecule has 0 bridgehead atoms. The largest absolute Gasteiger partial charge is 0.456 e. The molecule has 0 N–H and O–H groups in total. The van der Waals surface area contributed by atoms with Gasteiger partial charge in [-0.25, -0.2) is 9.48 Å². The van der Waals surface area contributed by atoms with Gasteiger partial charge in [-0.2, -0.15) is 5.10 Å². The van der Waals surface area contributed by atoms with Crippen molar-refractivity contribution in [1.29, 1.82) is 0 Å². The summed E-state index contributed by atoms with van der Waals surface area (Å²) in [5.74, 6) is 0.342. The first-order valence-corrected chi connectivity index (χ1v) is 8.64. The maximum Gasteiger partial charge on any atom is 0.359 e. The Morgan fingerprint density at radius 2 is 1.85 bits per heavy atom. The van der Waals surface area contributed by atoms with Gasteiger partial charge in [-0.3, -0.25) is 0 Å². The minimum absolute atomic E-state index is 0.188. The average Bonchev–Trinajstić information content (AvgIpc) is 3.40. The molecule has 1 aliphatic rings. The lowest BCUT2D eigenvalue weighted by Gasteiger charge is -2.15. The topological polar surface area (TPSA) is 73.1 Å². The van der Waals surface area contributed by atoms with Gasteiger partial charge in [0.25, 0.3) is 0 Å². The van der Waals surface area contributed by atoms with Crippen LogP contribution in [0.5, 0.6) is 0 Å². The second-order valence-electron chi connectivity index (χ2n) is 6.16. The smallest absolute Gasteiger partial charge is 0.359 e. The van der Waals surface area contributed by atoms with Crippen LogP contribution < -0.4 is 4.90 Å². The maximum absolute atomic E-state index is 12.2. The molecule has 1 aliphatic heterocycles. The lowest BCUT2D eigenvalue weighted by atomic mass is 10.2. The third-order valence-electron chi connectivity index (χ3n) is 4.36. The highest BCUT2D eigenvalue weighted by molar-refractivity contribution is 5.87. The van der Waals surface area contributed by atoms with Gasteiger partial charge in [0.05, 0.1) is 5.69 Å². The van der Waals surface area contributed by atoms with Crippen molar-refractivity contribution in [3.05, 3.63) is 66.1 Å². The number of anilines is 1. The lowest BCUT2D eigenvalue weighted by molar-refractivity contribution is 0.0464. The number of hydrogen-bond donors (Lipinski definition) is 0. The van der Waals surface area contributed by atoms with Gasteiger partial charge in [-0.1, -0.05) is 12.1 Å². The monoisotopic (exact) mass is 349 g/mol. The van der Waals surface area contributed by atoms with Crippen LogP contribution in [-0.2, 0) is 11.3 Å². The van der Waals surface area contributed by atoms with E-state index in [0.29, 0.717) is 0 Å². The fourth-order valence-electron chi connectivity index (χ4n) is 2.94. The quantitative estimate of drug-likeness (QED) is 0.659. The Morgan fingerprint density at radius 3 is 2.50 bits per heavy atom. The Bertz CT molecular complexity index is 854. The van der Waals surface area contributed by atoms with Gasteiger partial charge >= 0.3 is 5.97 Å². The van der Waals surface area contributed by atoms with Crippen molar-refractivity contribution in [2.45, 2.75) is 19.4 Å². The van der Waals surface area contributed by atoms with Crippen LogP contribution in [0.15, 0.2) is 54.9 Å². The number of rotatable bonds is 5. The number of ether oxygens (including phenoxy) is 1. The van der Waals surface area contributed by atoms with Gasteiger partial charge in [0.15, 0.2) is 11.5 Å². The molecule has 0 amide bonds. The van der Waals surface area contributed by atoms with E-state index in [9.17, 15) is 4.79 Å². The number of carbonyl (C=O) groups excluding carboxylic acids is 1. The van der Waals surface area contributed by atoms with E-state index in [0.717, 1.165) is 30.2 Å². The number of esters is 1. The van der Waals surface area contributed by atoms with Crippen molar-refractivity contribution < 1.29 is 9.53 Å². The van der Waals surface area contributed by atoms with E-state index in [1.807, 2.05) is 42.6 Å². The summed E-state index contributed by atoms with van der Waals surface area (Å²) in [5, 5.41) is 12.3. The van der Waals surface area contributed by atoms with Crippen LogP contribution in [0, 0.1) is 0 Å². The van der Waals surface area contributed by atoms with Crippen LogP contribution in [-0.4, -0.2) is 39.0 Å². The molecular weight excluding hydrogens is 330 g/mol. The molecule has 7 nitrogen and oxygen atoms in total. The predicted molar refractivity (Wildman–Crippen MR) is 96.2 cm³/mol. The molecular formula is C19H19N5O2. The zero-order valence-electron chi connectivity index (χ0n) is 14.3. The molecule has 4 rings (SSSR count). The summed E-state index contributed by atoms with van der Waals surface area (Å²) in [7, 11) is 0. The normalized spacial score (nSPS) is 13.8. The third kappa shape index (κ3) is 3.56. The first-order chi connectivity index (χ1) is 12.8. The lowest BCUT2D eigenvalue weighted by Crippen LogP contribution is -2.20. The minimum atomic E-state index is -0.471. The second-order valence-corrected chi connectivity index (χ2v) is 6.16. The number of nitrogens with zero attached hydrogens (tertiary/aromatic N) is 5. The van der Waals surface area contributed by atoms with Crippen LogP contribution in [0.3, 0.4) is 0 Å². The van der Waals surface area contributed by atoms with Gasteiger partial charge in [-0.05, 0) is 48.7 Å². The summed E-state index contributed by atoms with van der Waals surface area (Å²) in [6.07, 6.45) is 5.94. The van der Waals surface area contributed by atoms with E-state index >= 15 is 0 Å². The molecule has 1 saturated heterocycles. The second kappa shape index (κ2) is 7.35. The van der Waals surface area contributed by atoms with Crippen molar-refractivity contribution in [2.75, 3.05) is 18.0 Å².